The van der Waals surface area contributed by atoms with Crippen LogP contribution in [0.1, 0.15) is 30.3 Å². The molecule has 0 saturated carbocycles. The molecular formula is C19H24ClN5O3. The second kappa shape index (κ2) is 8.70. The van der Waals surface area contributed by atoms with Crippen LogP contribution in [0.5, 0.6) is 0 Å². The molecule has 0 radical (unpaired) electrons. The first-order valence-electron chi connectivity index (χ1n) is 9.33. The SMILES string of the molecule is CC1CCN(CCNC(=O)c2nn(-c3ccc(Cl)cc3)c(=O)n(C)c2=O)CC1. The van der Waals surface area contributed by atoms with E-state index in [2.05, 4.69) is 22.2 Å². The number of aromatic nitrogens is 3. The fourth-order valence-corrected chi connectivity index (χ4v) is 3.29. The summed E-state index contributed by atoms with van der Waals surface area (Å²) in [6.45, 7) is 5.40. The lowest BCUT2D eigenvalue weighted by atomic mass is 9.99. The third kappa shape index (κ3) is 4.51. The van der Waals surface area contributed by atoms with Gasteiger partial charge in [0.2, 0.25) is 5.69 Å². The first kappa shape index (κ1) is 20.3. The summed E-state index contributed by atoms with van der Waals surface area (Å²) in [5.74, 6) is 0.153. The van der Waals surface area contributed by atoms with E-state index < -0.39 is 17.2 Å². The van der Waals surface area contributed by atoms with Crippen molar-refractivity contribution in [2.45, 2.75) is 19.8 Å². The van der Waals surface area contributed by atoms with Crippen molar-refractivity contribution in [3.8, 4) is 5.69 Å². The number of benzene rings is 1. The van der Waals surface area contributed by atoms with Crippen LogP contribution < -0.4 is 16.6 Å². The van der Waals surface area contributed by atoms with Gasteiger partial charge >= 0.3 is 5.69 Å². The first-order chi connectivity index (χ1) is 13.4. The molecular weight excluding hydrogens is 382 g/mol. The van der Waals surface area contributed by atoms with E-state index in [9.17, 15) is 14.4 Å². The minimum atomic E-state index is -0.723. The lowest BCUT2D eigenvalue weighted by Gasteiger charge is -2.30. The minimum Gasteiger partial charge on any atom is -0.349 e. The van der Waals surface area contributed by atoms with Gasteiger partial charge < -0.3 is 10.2 Å². The third-order valence-corrected chi connectivity index (χ3v) is 5.30. The summed E-state index contributed by atoms with van der Waals surface area (Å²) in [6.07, 6.45) is 2.31. The highest BCUT2D eigenvalue weighted by Crippen LogP contribution is 2.15. The van der Waals surface area contributed by atoms with Crippen LogP contribution in [-0.2, 0) is 7.05 Å². The molecule has 0 aliphatic carbocycles. The Morgan fingerprint density at radius 2 is 1.86 bits per heavy atom. The number of hydrogen-bond donors (Lipinski definition) is 1. The van der Waals surface area contributed by atoms with Crippen LogP contribution in [0.3, 0.4) is 0 Å². The number of carbonyl (C=O) groups excluding carboxylic acids is 1. The van der Waals surface area contributed by atoms with Crippen molar-refractivity contribution in [2.24, 2.45) is 13.0 Å². The maximum atomic E-state index is 12.5. The molecule has 1 saturated heterocycles. The zero-order valence-electron chi connectivity index (χ0n) is 16.0. The van der Waals surface area contributed by atoms with Gasteiger partial charge in [-0.05, 0) is 56.1 Å². The zero-order valence-corrected chi connectivity index (χ0v) is 16.8. The molecule has 0 bridgehead atoms. The Bertz CT molecular complexity index is 959. The quantitative estimate of drug-likeness (QED) is 0.803. The van der Waals surface area contributed by atoms with Gasteiger partial charge in [0.1, 0.15) is 0 Å². The lowest BCUT2D eigenvalue weighted by molar-refractivity contribution is 0.0935. The number of likely N-dealkylation sites (tertiary alicyclic amines) is 1. The maximum absolute atomic E-state index is 12.5. The second-order valence-electron chi connectivity index (χ2n) is 7.16. The number of carbonyl (C=O) groups is 1. The molecule has 150 valence electrons. The first-order valence-corrected chi connectivity index (χ1v) is 9.71. The maximum Gasteiger partial charge on any atom is 0.351 e. The highest BCUT2D eigenvalue weighted by Gasteiger charge is 2.19. The van der Waals surface area contributed by atoms with Crippen molar-refractivity contribution in [1.82, 2.24) is 24.6 Å². The number of rotatable bonds is 5. The molecule has 1 fully saturated rings. The van der Waals surface area contributed by atoms with Crippen LogP contribution in [-0.4, -0.2) is 51.3 Å². The molecule has 1 aromatic carbocycles. The second-order valence-corrected chi connectivity index (χ2v) is 7.60. The van der Waals surface area contributed by atoms with E-state index in [1.54, 1.807) is 24.3 Å². The summed E-state index contributed by atoms with van der Waals surface area (Å²) in [7, 11) is 1.32. The van der Waals surface area contributed by atoms with E-state index >= 15 is 0 Å². The molecule has 1 aliphatic heterocycles. The monoisotopic (exact) mass is 405 g/mol. The van der Waals surface area contributed by atoms with Crippen LogP contribution in [0.2, 0.25) is 5.02 Å². The molecule has 3 rings (SSSR count). The number of halogens is 1. The van der Waals surface area contributed by atoms with Crippen molar-refractivity contribution in [3.05, 3.63) is 55.8 Å². The van der Waals surface area contributed by atoms with Gasteiger partial charge in [-0.25, -0.2) is 4.79 Å². The standard InChI is InChI=1S/C19H24ClN5O3/c1-13-7-10-24(11-8-13)12-9-21-17(26)16-18(27)23(2)19(28)25(22-16)15-5-3-14(20)4-6-15/h3-6,13H,7-12H2,1-2H3,(H,21,26). The Morgan fingerprint density at radius 3 is 2.50 bits per heavy atom. The van der Waals surface area contributed by atoms with Crippen LogP contribution in [0.25, 0.3) is 5.69 Å². The van der Waals surface area contributed by atoms with Crippen LogP contribution in [0.4, 0.5) is 0 Å². The molecule has 1 amide bonds. The normalized spacial score (nSPS) is 15.5. The predicted octanol–water partition coefficient (Wildman–Crippen LogP) is 1.05. The third-order valence-electron chi connectivity index (χ3n) is 5.05. The predicted molar refractivity (Wildman–Crippen MR) is 107 cm³/mol. The molecule has 8 nitrogen and oxygen atoms in total. The number of hydrogen-bond acceptors (Lipinski definition) is 5. The molecule has 0 spiro atoms. The Balaban J connectivity index is 1.75. The van der Waals surface area contributed by atoms with Gasteiger partial charge in [0.25, 0.3) is 11.5 Å². The summed E-state index contributed by atoms with van der Waals surface area (Å²) < 4.78 is 1.90. The summed E-state index contributed by atoms with van der Waals surface area (Å²) in [4.78, 5) is 39.6. The van der Waals surface area contributed by atoms with Gasteiger partial charge in [-0.2, -0.15) is 9.78 Å². The smallest absolute Gasteiger partial charge is 0.349 e. The van der Waals surface area contributed by atoms with Gasteiger partial charge in [0.05, 0.1) is 5.69 Å². The number of nitrogens with zero attached hydrogens (tertiary/aromatic N) is 4. The number of piperidine rings is 1. The molecule has 1 N–H and O–H groups in total. The van der Waals surface area contributed by atoms with Crippen LogP contribution in [0, 0.1) is 5.92 Å². The van der Waals surface area contributed by atoms with E-state index in [-0.39, 0.29) is 5.69 Å². The highest BCUT2D eigenvalue weighted by molar-refractivity contribution is 6.30. The molecule has 0 atom stereocenters. The van der Waals surface area contributed by atoms with E-state index in [1.807, 2.05) is 0 Å². The Kier molecular flexibility index (Phi) is 6.31. The van der Waals surface area contributed by atoms with E-state index in [4.69, 9.17) is 11.6 Å². The van der Waals surface area contributed by atoms with Crippen molar-refractivity contribution in [1.29, 1.82) is 0 Å². The largest absolute Gasteiger partial charge is 0.351 e. The van der Waals surface area contributed by atoms with Crippen LogP contribution >= 0.6 is 11.6 Å². The Labute approximate surface area is 167 Å². The Morgan fingerprint density at radius 1 is 1.21 bits per heavy atom. The van der Waals surface area contributed by atoms with Crippen molar-refractivity contribution in [3.63, 3.8) is 0 Å². The Hall–Kier alpha value is -2.45. The fraction of sp³-hybridized carbons (Fsp3) is 0.474. The fourth-order valence-electron chi connectivity index (χ4n) is 3.16. The van der Waals surface area contributed by atoms with Gasteiger partial charge in [-0.1, -0.05) is 18.5 Å². The van der Waals surface area contributed by atoms with Crippen molar-refractivity contribution < 1.29 is 4.79 Å². The average Bonchev–Trinajstić information content (AvgIpc) is 2.69. The van der Waals surface area contributed by atoms with Gasteiger partial charge in [-0.3, -0.25) is 14.2 Å². The molecule has 28 heavy (non-hydrogen) atoms. The average molecular weight is 406 g/mol. The van der Waals surface area contributed by atoms with Gasteiger partial charge in [0.15, 0.2) is 0 Å². The van der Waals surface area contributed by atoms with E-state index in [0.717, 1.165) is 47.6 Å². The molecule has 1 aliphatic rings. The lowest BCUT2D eigenvalue weighted by Crippen LogP contribution is -2.45. The minimum absolute atomic E-state index is 0.315. The highest BCUT2D eigenvalue weighted by atomic mass is 35.5. The number of nitrogens with one attached hydrogen (secondary N) is 1. The molecule has 2 aromatic rings. The van der Waals surface area contributed by atoms with Gasteiger partial charge in [0, 0.05) is 25.2 Å². The van der Waals surface area contributed by atoms with E-state index in [1.165, 1.54) is 7.05 Å². The molecule has 0 unspecified atom stereocenters. The van der Waals surface area contributed by atoms with Crippen molar-refractivity contribution in [2.75, 3.05) is 26.2 Å². The zero-order chi connectivity index (χ0) is 20.3. The summed E-state index contributed by atoms with van der Waals surface area (Å²) in [5, 5.41) is 7.26. The molecule has 1 aromatic heterocycles. The molecule has 2 heterocycles. The van der Waals surface area contributed by atoms with Crippen molar-refractivity contribution >= 4 is 17.5 Å². The summed E-state index contributed by atoms with van der Waals surface area (Å²) in [5.41, 5.74) is -1.25. The topological polar surface area (TPSA) is 89.2 Å². The number of amides is 1. The molecule has 9 heteroatoms. The van der Waals surface area contributed by atoms with Crippen LogP contribution in [0.15, 0.2) is 33.9 Å². The summed E-state index contributed by atoms with van der Waals surface area (Å²) >= 11 is 5.88. The van der Waals surface area contributed by atoms with Gasteiger partial charge in [-0.15, -0.1) is 0 Å². The summed E-state index contributed by atoms with van der Waals surface area (Å²) in [6, 6.07) is 6.41. The van der Waals surface area contributed by atoms with E-state index in [0.29, 0.717) is 17.3 Å².